The third kappa shape index (κ3) is 1.42. The Kier molecular flexibility index (Phi) is 2.51. The summed E-state index contributed by atoms with van der Waals surface area (Å²) in [6.45, 7) is 4.24. The Morgan fingerprint density at radius 2 is 2.00 bits per heavy atom. The molecule has 0 bridgehead atoms. The van der Waals surface area contributed by atoms with Gasteiger partial charge in [0.15, 0.2) is 0 Å². The second kappa shape index (κ2) is 3.66. The van der Waals surface area contributed by atoms with E-state index in [-0.39, 0.29) is 0 Å². The van der Waals surface area contributed by atoms with Crippen LogP contribution in [-0.2, 0) is 5.88 Å². The minimum absolute atomic E-state index is 0.385. The molecule has 1 heterocycles. The smallest absolute Gasteiger partial charge is 0.134 e. The van der Waals surface area contributed by atoms with E-state index in [1.165, 1.54) is 0 Å². The Morgan fingerprint density at radius 1 is 1.29 bits per heavy atom. The molecular formula is C12H13ClO. The summed E-state index contributed by atoms with van der Waals surface area (Å²) in [5.74, 6) is 1.92. The van der Waals surface area contributed by atoms with Crippen LogP contribution in [0.1, 0.15) is 31.1 Å². The molecule has 2 rings (SSSR count). The van der Waals surface area contributed by atoms with Crippen molar-refractivity contribution in [1.82, 2.24) is 0 Å². The lowest BCUT2D eigenvalue weighted by molar-refractivity contribution is 0.517. The van der Waals surface area contributed by atoms with Gasteiger partial charge in [0.25, 0.3) is 0 Å². The molecule has 0 saturated carbocycles. The quantitative estimate of drug-likeness (QED) is 0.671. The van der Waals surface area contributed by atoms with Gasteiger partial charge in [-0.05, 0) is 6.07 Å². The molecule has 2 heteroatoms. The number of para-hydroxylation sites is 1. The molecule has 0 atom stereocenters. The number of hydrogen-bond acceptors (Lipinski definition) is 1. The molecule has 0 fully saturated rings. The molecule has 0 amide bonds. The lowest BCUT2D eigenvalue weighted by Crippen LogP contribution is -1.88. The second-order valence-corrected chi connectivity index (χ2v) is 4.00. The Balaban J connectivity index is 2.72. The van der Waals surface area contributed by atoms with Crippen molar-refractivity contribution in [3.63, 3.8) is 0 Å². The third-order valence-electron chi connectivity index (χ3n) is 2.39. The maximum absolute atomic E-state index is 5.94. The van der Waals surface area contributed by atoms with E-state index < -0.39 is 0 Å². The van der Waals surface area contributed by atoms with Crippen LogP contribution >= 0.6 is 11.6 Å². The predicted molar refractivity (Wildman–Crippen MR) is 59.9 cm³/mol. The number of rotatable bonds is 2. The number of fused-ring (bicyclic) bond motifs is 1. The second-order valence-electron chi connectivity index (χ2n) is 3.73. The van der Waals surface area contributed by atoms with Crippen LogP contribution in [0.3, 0.4) is 0 Å². The van der Waals surface area contributed by atoms with E-state index in [4.69, 9.17) is 16.0 Å². The molecule has 0 radical (unpaired) electrons. The van der Waals surface area contributed by atoms with Gasteiger partial charge in [0.1, 0.15) is 11.3 Å². The summed E-state index contributed by atoms with van der Waals surface area (Å²) in [7, 11) is 0. The number of hydrogen-bond donors (Lipinski definition) is 0. The molecule has 0 aliphatic rings. The van der Waals surface area contributed by atoms with Crippen molar-refractivity contribution in [2.75, 3.05) is 0 Å². The highest BCUT2D eigenvalue weighted by Gasteiger charge is 2.14. The van der Waals surface area contributed by atoms with Gasteiger partial charge in [-0.3, -0.25) is 0 Å². The van der Waals surface area contributed by atoms with Crippen molar-refractivity contribution < 1.29 is 4.42 Å². The van der Waals surface area contributed by atoms with Gasteiger partial charge in [-0.1, -0.05) is 32.0 Å². The zero-order valence-corrected chi connectivity index (χ0v) is 9.14. The maximum Gasteiger partial charge on any atom is 0.134 e. The summed E-state index contributed by atoms with van der Waals surface area (Å²) in [5, 5.41) is 1.14. The average molecular weight is 209 g/mol. The molecule has 2 aromatic rings. The van der Waals surface area contributed by atoms with Crippen LogP contribution in [0.4, 0.5) is 0 Å². The van der Waals surface area contributed by atoms with Gasteiger partial charge in [0.05, 0.1) is 5.88 Å². The molecule has 0 aliphatic heterocycles. The number of alkyl halides is 1. The van der Waals surface area contributed by atoms with Crippen molar-refractivity contribution >= 4 is 22.6 Å². The van der Waals surface area contributed by atoms with Gasteiger partial charge in [0, 0.05) is 16.9 Å². The molecule has 0 aliphatic carbocycles. The Hall–Kier alpha value is -0.950. The van der Waals surface area contributed by atoms with Crippen LogP contribution in [0.2, 0.25) is 0 Å². The fourth-order valence-electron chi connectivity index (χ4n) is 1.72. The highest BCUT2D eigenvalue weighted by molar-refractivity contribution is 6.18. The van der Waals surface area contributed by atoms with Gasteiger partial charge in [0.2, 0.25) is 0 Å². The zero-order chi connectivity index (χ0) is 10.1. The van der Waals surface area contributed by atoms with Gasteiger partial charge >= 0.3 is 0 Å². The van der Waals surface area contributed by atoms with E-state index in [1.54, 1.807) is 0 Å². The molecule has 1 aromatic heterocycles. The summed E-state index contributed by atoms with van der Waals surface area (Å²) in [6, 6.07) is 8.03. The highest BCUT2D eigenvalue weighted by atomic mass is 35.5. The molecule has 1 nitrogen and oxygen atoms in total. The molecule has 0 spiro atoms. The molecular weight excluding hydrogens is 196 g/mol. The van der Waals surface area contributed by atoms with Gasteiger partial charge in [-0.15, -0.1) is 11.6 Å². The largest absolute Gasteiger partial charge is 0.460 e. The predicted octanol–water partition coefficient (Wildman–Crippen LogP) is 4.30. The maximum atomic E-state index is 5.94. The van der Waals surface area contributed by atoms with Crippen LogP contribution in [0.15, 0.2) is 28.7 Å². The molecule has 0 unspecified atom stereocenters. The first-order valence-electron chi connectivity index (χ1n) is 4.80. The minimum Gasteiger partial charge on any atom is -0.460 e. The van der Waals surface area contributed by atoms with Crippen molar-refractivity contribution in [2.45, 2.75) is 25.6 Å². The number of halogens is 1. The van der Waals surface area contributed by atoms with E-state index in [0.29, 0.717) is 11.8 Å². The van der Waals surface area contributed by atoms with E-state index in [0.717, 1.165) is 22.3 Å². The van der Waals surface area contributed by atoms with Crippen LogP contribution < -0.4 is 0 Å². The number of benzene rings is 1. The van der Waals surface area contributed by atoms with Crippen molar-refractivity contribution in [1.29, 1.82) is 0 Å². The summed E-state index contributed by atoms with van der Waals surface area (Å²) >= 11 is 5.94. The number of furan rings is 1. The normalized spacial score (nSPS) is 11.4. The third-order valence-corrected chi connectivity index (χ3v) is 2.65. The Morgan fingerprint density at radius 3 is 2.64 bits per heavy atom. The summed E-state index contributed by atoms with van der Waals surface area (Å²) in [6.07, 6.45) is 0. The topological polar surface area (TPSA) is 13.1 Å². The first-order chi connectivity index (χ1) is 6.74. The van der Waals surface area contributed by atoms with Gasteiger partial charge in [-0.2, -0.15) is 0 Å². The monoisotopic (exact) mass is 208 g/mol. The van der Waals surface area contributed by atoms with Crippen molar-refractivity contribution in [2.24, 2.45) is 0 Å². The first-order valence-corrected chi connectivity index (χ1v) is 5.33. The Labute approximate surface area is 88.7 Å². The minimum atomic E-state index is 0.385. The van der Waals surface area contributed by atoms with Crippen molar-refractivity contribution in [3.05, 3.63) is 35.6 Å². The van der Waals surface area contributed by atoms with Gasteiger partial charge < -0.3 is 4.42 Å². The fourth-order valence-corrected chi connectivity index (χ4v) is 2.00. The molecule has 0 N–H and O–H groups in total. The lowest BCUT2D eigenvalue weighted by atomic mass is 10.1. The fraction of sp³-hybridized carbons (Fsp3) is 0.333. The molecule has 0 saturated heterocycles. The lowest BCUT2D eigenvalue weighted by Gasteiger charge is -2.01. The van der Waals surface area contributed by atoms with E-state index in [9.17, 15) is 0 Å². The van der Waals surface area contributed by atoms with Gasteiger partial charge in [-0.25, -0.2) is 0 Å². The molecule has 74 valence electrons. The summed E-state index contributed by atoms with van der Waals surface area (Å²) in [4.78, 5) is 0. The highest BCUT2D eigenvalue weighted by Crippen LogP contribution is 2.31. The first kappa shape index (κ1) is 9.60. The van der Waals surface area contributed by atoms with Crippen molar-refractivity contribution in [3.8, 4) is 0 Å². The standard InChI is InChI=1S/C12H13ClO/c1-8(2)12-10(7-13)9-5-3-4-6-11(9)14-12/h3-6,8H,7H2,1-2H3. The van der Waals surface area contributed by atoms with Crippen LogP contribution in [0.5, 0.6) is 0 Å². The van der Waals surface area contributed by atoms with Crippen LogP contribution in [0, 0.1) is 0 Å². The van der Waals surface area contributed by atoms with Crippen LogP contribution in [0.25, 0.3) is 11.0 Å². The summed E-state index contributed by atoms with van der Waals surface area (Å²) < 4.78 is 5.77. The summed E-state index contributed by atoms with van der Waals surface area (Å²) in [5.41, 5.74) is 2.07. The Bertz CT molecular complexity index is 443. The molecule has 1 aromatic carbocycles. The molecule has 14 heavy (non-hydrogen) atoms. The van der Waals surface area contributed by atoms with E-state index >= 15 is 0 Å². The zero-order valence-electron chi connectivity index (χ0n) is 8.38. The van der Waals surface area contributed by atoms with E-state index in [2.05, 4.69) is 19.9 Å². The SMILES string of the molecule is CC(C)c1oc2ccccc2c1CCl. The van der Waals surface area contributed by atoms with E-state index in [1.807, 2.05) is 18.2 Å². The van der Waals surface area contributed by atoms with Crippen LogP contribution in [-0.4, -0.2) is 0 Å². The average Bonchev–Trinajstić information content (AvgIpc) is 2.56.